The molecule has 0 aromatic heterocycles. The number of hydrogen-bond acceptors (Lipinski definition) is 6. The summed E-state index contributed by atoms with van der Waals surface area (Å²) in [6.45, 7) is 7.53. The fourth-order valence-corrected chi connectivity index (χ4v) is 1.75. The largest absolute Gasteiger partial charge is 0.480 e. The van der Waals surface area contributed by atoms with Crippen LogP contribution in [0.1, 0.15) is 34.6 Å². The standard InChI is InChI=1S/C15H28N4O6/c1-6(2)10(16)14(23)18-7(3)12(21)17-8(4)13(22)19-11(9(5)20)15(24)25/h6-11,20H,16H2,1-5H3,(H,17,21)(H,18,23)(H,19,22)(H,24,25)/t7-,8-,9+,10-,11-/m0/s1. The number of aliphatic hydroxyl groups excluding tert-OH is 1. The highest BCUT2D eigenvalue weighted by Gasteiger charge is 2.29. The van der Waals surface area contributed by atoms with E-state index in [1.54, 1.807) is 13.8 Å². The van der Waals surface area contributed by atoms with E-state index >= 15 is 0 Å². The number of rotatable bonds is 9. The Morgan fingerprint density at radius 1 is 0.800 bits per heavy atom. The summed E-state index contributed by atoms with van der Waals surface area (Å²) < 4.78 is 0. The lowest BCUT2D eigenvalue weighted by atomic mass is 10.0. The first kappa shape index (κ1) is 22.8. The minimum atomic E-state index is -1.49. The number of nitrogens with two attached hydrogens (primary N) is 1. The third kappa shape index (κ3) is 7.48. The van der Waals surface area contributed by atoms with Gasteiger partial charge in [0.25, 0.3) is 0 Å². The van der Waals surface area contributed by atoms with E-state index in [-0.39, 0.29) is 5.92 Å². The average Bonchev–Trinajstić information content (AvgIpc) is 2.50. The van der Waals surface area contributed by atoms with Gasteiger partial charge in [0.05, 0.1) is 12.1 Å². The van der Waals surface area contributed by atoms with Gasteiger partial charge in [-0.05, 0) is 26.7 Å². The summed E-state index contributed by atoms with van der Waals surface area (Å²) >= 11 is 0. The van der Waals surface area contributed by atoms with Gasteiger partial charge < -0.3 is 31.9 Å². The summed E-state index contributed by atoms with van der Waals surface area (Å²) in [7, 11) is 0. The molecule has 0 unspecified atom stereocenters. The van der Waals surface area contributed by atoms with Gasteiger partial charge in [0, 0.05) is 0 Å². The number of carboxylic acids is 1. The van der Waals surface area contributed by atoms with Crippen molar-refractivity contribution in [1.82, 2.24) is 16.0 Å². The highest BCUT2D eigenvalue weighted by molar-refractivity contribution is 5.93. The topological polar surface area (TPSA) is 171 Å². The summed E-state index contributed by atoms with van der Waals surface area (Å²) in [5, 5.41) is 25.2. The molecule has 7 N–H and O–H groups in total. The van der Waals surface area contributed by atoms with E-state index in [1.807, 2.05) is 0 Å². The fraction of sp³-hybridized carbons (Fsp3) is 0.733. The summed E-state index contributed by atoms with van der Waals surface area (Å²) in [6, 6.07) is -4.25. The Hall–Kier alpha value is -2.20. The molecule has 0 aromatic rings. The molecule has 5 atom stereocenters. The van der Waals surface area contributed by atoms with Crippen LogP contribution in [-0.4, -0.2) is 64.2 Å². The molecule has 144 valence electrons. The number of amides is 3. The second-order valence-corrected chi connectivity index (χ2v) is 6.30. The van der Waals surface area contributed by atoms with Crippen LogP contribution in [0.4, 0.5) is 0 Å². The number of carbonyl (C=O) groups excluding carboxylic acids is 3. The van der Waals surface area contributed by atoms with Gasteiger partial charge in [-0.25, -0.2) is 4.79 Å². The molecule has 0 heterocycles. The Labute approximate surface area is 146 Å². The molecule has 10 heteroatoms. The third-order valence-electron chi connectivity index (χ3n) is 3.57. The van der Waals surface area contributed by atoms with Crippen molar-refractivity contribution in [3.63, 3.8) is 0 Å². The molecule has 0 saturated heterocycles. The third-order valence-corrected chi connectivity index (χ3v) is 3.57. The number of carbonyl (C=O) groups is 4. The van der Waals surface area contributed by atoms with Gasteiger partial charge in [0.15, 0.2) is 6.04 Å². The van der Waals surface area contributed by atoms with Crippen LogP contribution in [0.2, 0.25) is 0 Å². The van der Waals surface area contributed by atoms with Crippen molar-refractivity contribution in [2.24, 2.45) is 11.7 Å². The van der Waals surface area contributed by atoms with Crippen LogP contribution >= 0.6 is 0 Å². The maximum absolute atomic E-state index is 12.0. The zero-order valence-electron chi connectivity index (χ0n) is 15.1. The van der Waals surface area contributed by atoms with Crippen LogP contribution in [0.25, 0.3) is 0 Å². The molecule has 10 nitrogen and oxygen atoms in total. The zero-order valence-corrected chi connectivity index (χ0v) is 15.1. The molecular formula is C15H28N4O6. The summed E-state index contributed by atoms with van der Waals surface area (Å²) in [5.74, 6) is -3.40. The van der Waals surface area contributed by atoms with E-state index in [1.165, 1.54) is 20.8 Å². The molecule has 0 aliphatic heterocycles. The average molecular weight is 360 g/mol. The molecular weight excluding hydrogens is 332 g/mol. The van der Waals surface area contributed by atoms with Gasteiger partial charge in [-0.2, -0.15) is 0 Å². The number of carboxylic acid groups (broad SMARTS) is 1. The summed E-state index contributed by atoms with van der Waals surface area (Å²) in [4.78, 5) is 46.7. The molecule has 0 aromatic carbocycles. The summed E-state index contributed by atoms with van der Waals surface area (Å²) in [6.07, 6.45) is -1.31. The fourth-order valence-electron chi connectivity index (χ4n) is 1.75. The smallest absolute Gasteiger partial charge is 0.328 e. The van der Waals surface area contributed by atoms with Gasteiger partial charge >= 0.3 is 5.97 Å². The first-order valence-electron chi connectivity index (χ1n) is 7.96. The van der Waals surface area contributed by atoms with E-state index < -0.39 is 54.0 Å². The van der Waals surface area contributed by atoms with Crippen LogP contribution in [0.15, 0.2) is 0 Å². The Balaban J connectivity index is 4.65. The van der Waals surface area contributed by atoms with Crippen LogP contribution in [-0.2, 0) is 19.2 Å². The van der Waals surface area contributed by atoms with Gasteiger partial charge in [0.2, 0.25) is 17.7 Å². The number of nitrogens with one attached hydrogen (secondary N) is 3. The first-order chi connectivity index (χ1) is 11.4. The second-order valence-electron chi connectivity index (χ2n) is 6.30. The van der Waals surface area contributed by atoms with Gasteiger partial charge in [0.1, 0.15) is 12.1 Å². The molecule has 25 heavy (non-hydrogen) atoms. The van der Waals surface area contributed by atoms with Crippen molar-refractivity contribution in [2.75, 3.05) is 0 Å². The molecule has 3 amide bonds. The monoisotopic (exact) mass is 360 g/mol. The van der Waals surface area contributed by atoms with Crippen LogP contribution < -0.4 is 21.7 Å². The van der Waals surface area contributed by atoms with Crippen molar-refractivity contribution >= 4 is 23.7 Å². The quantitative estimate of drug-likeness (QED) is 0.274. The molecule has 0 aliphatic carbocycles. The maximum Gasteiger partial charge on any atom is 0.328 e. The number of aliphatic carboxylic acids is 1. The number of aliphatic hydroxyl groups is 1. The van der Waals surface area contributed by atoms with E-state index in [9.17, 15) is 24.3 Å². The van der Waals surface area contributed by atoms with E-state index in [2.05, 4.69) is 16.0 Å². The zero-order chi connectivity index (χ0) is 19.9. The van der Waals surface area contributed by atoms with E-state index in [4.69, 9.17) is 10.8 Å². The van der Waals surface area contributed by atoms with Crippen LogP contribution in [0.3, 0.4) is 0 Å². The molecule has 0 bridgehead atoms. The van der Waals surface area contributed by atoms with Crippen molar-refractivity contribution in [3.05, 3.63) is 0 Å². The van der Waals surface area contributed by atoms with Gasteiger partial charge in [-0.3, -0.25) is 14.4 Å². The minimum Gasteiger partial charge on any atom is -0.480 e. The lowest BCUT2D eigenvalue weighted by molar-refractivity contribution is -0.145. The molecule has 0 saturated carbocycles. The van der Waals surface area contributed by atoms with E-state index in [0.717, 1.165) is 0 Å². The van der Waals surface area contributed by atoms with E-state index in [0.29, 0.717) is 0 Å². The molecule has 0 rings (SSSR count). The van der Waals surface area contributed by atoms with Crippen molar-refractivity contribution in [1.29, 1.82) is 0 Å². The van der Waals surface area contributed by atoms with Gasteiger partial charge in [-0.15, -0.1) is 0 Å². The van der Waals surface area contributed by atoms with Gasteiger partial charge in [-0.1, -0.05) is 13.8 Å². The normalized spacial score (nSPS) is 17.0. The highest BCUT2D eigenvalue weighted by Crippen LogP contribution is 1.99. The Morgan fingerprint density at radius 3 is 1.56 bits per heavy atom. The molecule has 0 spiro atoms. The molecule has 0 radical (unpaired) electrons. The Bertz CT molecular complexity index is 508. The minimum absolute atomic E-state index is 0.103. The van der Waals surface area contributed by atoms with Crippen molar-refractivity contribution in [2.45, 2.75) is 64.9 Å². The SMILES string of the molecule is CC(C)[C@H](N)C(=O)N[C@@H](C)C(=O)N[C@@H](C)C(=O)N[C@H](C(=O)O)[C@@H](C)O. The lowest BCUT2D eigenvalue weighted by Gasteiger charge is -2.23. The van der Waals surface area contributed by atoms with Crippen molar-refractivity contribution < 1.29 is 29.4 Å². The van der Waals surface area contributed by atoms with Crippen LogP contribution in [0.5, 0.6) is 0 Å². The maximum atomic E-state index is 12.0. The Morgan fingerprint density at radius 2 is 1.20 bits per heavy atom. The molecule has 0 fully saturated rings. The predicted molar refractivity (Wildman–Crippen MR) is 89.3 cm³/mol. The van der Waals surface area contributed by atoms with Crippen molar-refractivity contribution in [3.8, 4) is 0 Å². The Kier molecular flexibility index (Phi) is 9.07. The summed E-state index contributed by atoms with van der Waals surface area (Å²) in [5.41, 5.74) is 5.68. The number of hydrogen-bond donors (Lipinski definition) is 6. The molecule has 0 aliphatic rings. The predicted octanol–water partition coefficient (Wildman–Crippen LogP) is -2.07. The first-order valence-corrected chi connectivity index (χ1v) is 7.96. The lowest BCUT2D eigenvalue weighted by Crippen LogP contribution is -2.57. The van der Waals surface area contributed by atoms with Crippen LogP contribution in [0, 0.1) is 5.92 Å². The highest BCUT2D eigenvalue weighted by atomic mass is 16.4. The second kappa shape index (κ2) is 9.94.